The zero-order chi connectivity index (χ0) is 15.0. The molecule has 1 fully saturated rings. The lowest BCUT2D eigenvalue weighted by Gasteiger charge is -2.51. The molecule has 1 saturated heterocycles. The average molecular weight is 300 g/mol. The molecular formula is C17H14ClNO2. The third-order valence-corrected chi connectivity index (χ3v) is 4.04. The van der Waals surface area contributed by atoms with Crippen molar-refractivity contribution in [1.29, 1.82) is 0 Å². The molecule has 2 aromatic rings. The van der Waals surface area contributed by atoms with Crippen molar-refractivity contribution in [1.82, 2.24) is 0 Å². The van der Waals surface area contributed by atoms with Crippen molar-refractivity contribution in [3.05, 3.63) is 77.8 Å². The molecular weight excluding hydrogens is 286 g/mol. The van der Waals surface area contributed by atoms with Gasteiger partial charge in [-0.15, -0.1) is 6.58 Å². The molecule has 3 nitrogen and oxygen atoms in total. The number of hydrogen-bond acceptors (Lipinski definition) is 2. The number of hydrogen-bond donors (Lipinski definition) is 1. The van der Waals surface area contributed by atoms with Gasteiger partial charge in [-0.25, -0.2) is 0 Å². The lowest BCUT2D eigenvalue weighted by Crippen LogP contribution is -2.71. The summed E-state index contributed by atoms with van der Waals surface area (Å²) in [5.74, 6) is -0.360. The van der Waals surface area contributed by atoms with Gasteiger partial charge in [-0.2, -0.15) is 0 Å². The van der Waals surface area contributed by atoms with E-state index in [4.69, 9.17) is 11.6 Å². The van der Waals surface area contributed by atoms with Crippen LogP contribution in [0.5, 0.6) is 0 Å². The van der Waals surface area contributed by atoms with Crippen LogP contribution in [0.2, 0.25) is 5.02 Å². The maximum Gasteiger partial charge on any atom is 0.266 e. The Morgan fingerprint density at radius 3 is 2.33 bits per heavy atom. The lowest BCUT2D eigenvalue weighted by atomic mass is 9.76. The molecule has 106 valence electrons. The zero-order valence-corrected chi connectivity index (χ0v) is 12.0. The van der Waals surface area contributed by atoms with Crippen LogP contribution >= 0.6 is 11.6 Å². The molecule has 21 heavy (non-hydrogen) atoms. The first-order valence-electron chi connectivity index (χ1n) is 6.58. The molecule has 0 bridgehead atoms. The van der Waals surface area contributed by atoms with E-state index in [2.05, 4.69) is 6.58 Å². The normalized spacial score (nSPS) is 24.6. The van der Waals surface area contributed by atoms with Crippen molar-refractivity contribution in [2.75, 3.05) is 4.90 Å². The number of nitrogens with zero attached hydrogens (tertiary/aromatic N) is 1. The van der Waals surface area contributed by atoms with E-state index in [-0.39, 0.29) is 5.91 Å². The largest absolute Gasteiger partial charge is 0.373 e. The summed E-state index contributed by atoms with van der Waals surface area (Å²) >= 11 is 5.86. The number of carbonyl (C=O) groups is 1. The molecule has 0 saturated carbocycles. The van der Waals surface area contributed by atoms with Crippen molar-refractivity contribution in [3.63, 3.8) is 0 Å². The first-order valence-corrected chi connectivity index (χ1v) is 6.96. The van der Waals surface area contributed by atoms with Crippen molar-refractivity contribution in [3.8, 4) is 0 Å². The van der Waals surface area contributed by atoms with E-state index < -0.39 is 11.6 Å². The van der Waals surface area contributed by atoms with E-state index in [0.717, 1.165) is 5.69 Å². The van der Waals surface area contributed by atoms with Crippen molar-refractivity contribution < 1.29 is 9.90 Å². The molecule has 0 aliphatic carbocycles. The predicted octanol–water partition coefficient (Wildman–Crippen LogP) is 3.13. The molecule has 2 unspecified atom stereocenters. The van der Waals surface area contributed by atoms with E-state index in [0.29, 0.717) is 10.6 Å². The van der Waals surface area contributed by atoms with E-state index in [1.807, 2.05) is 30.3 Å². The molecule has 1 heterocycles. The van der Waals surface area contributed by atoms with Gasteiger partial charge in [0.25, 0.3) is 5.91 Å². The Morgan fingerprint density at radius 2 is 1.76 bits per heavy atom. The van der Waals surface area contributed by atoms with Gasteiger partial charge in [0.15, 0.2) is 5.60 Å². The Labute approximate surface area is 128 Å². The maximum absolute atomic E-state index is 12.5. The van der Waals surface area contributed by atoms with E-state index in [1.54, 1.807) is 35.2 Å². The molecule has 1 aliphatic rings. The van der Waals surface area contributed by atoms with Gasteiger partial charge in [0.05, 0.1) is 6.04 Å². The smallest absolute Gasteiger partial charge is 0.266 e. The molecule has 2 aromatic carbocycles. The number of amides is 1. The Balaban J connectivity index is 2.00. The van der Waals surface area contributed by atoms with Crippen molar-refractivity contribution >= 4 is 23.2 Å². The Bertz CT molecular complexity index is 684. The van der Waals surface area contributed by atoms with Gasteiger partial charge >= 0.3 is 0 Å². The standard InChI is InChI=1S/C17H14ClNO2/c1-2-15-17(21,12-8-10-13(18)11-9-12)16(20)19(15)14-6-4-3-5-7-14/h2-11,15,21H,1H2. The van der Waals surface area contributed by atoms with Gasteiger partial charge in [0, 0.05) is 10.7 Å². The SMILES string of the molecule is C=CC1N(c2ccccc2)C(=O)C1(O)c1ccc(Cl)cc1. The number of aliphatic hydroxyl groups is 1. The highest BCUT2D eigenvalue weighted by atomic mass is 35.5. The van der Waals surface area contributed by atoms with Crippen LogP contribution in [0.4, 0.5) is 5.69 Å². The molecule has 0 radical (unpaired) electrons. The molecule has 3 rings (SSSR count). The Morgan fingerprint density at radius 1 is 1.14 bits per heavy atom. The number of rotatable bonds is 3. The second-order valence-corrected chi connectivity index (χ2v) is 5.40. The third-order valence-electron chi connectivity index (χ3n) is 3.79. The van der Waals surface area contributed by atoms with E-state index in [1.165, 1.54) is 0 Å². The van der Waals surface area contributed by atoms with Crippen LogP contribution in [0.3, 0.4) is 0 Å². The number of β-lactam (4-membered cyclic amide) rings is 1. The van der Waals surface area contributed by atoms with Crippen molar-refractivity contribution in [2.24, 2.45) is 0 Å². The van der Waals surface area contributed by atoms with Crippen LogP contribution in [0.25, 0.3) is 0 Å². The highest BCUT2D eigenvalue weighted by Gasteiger charge is 2.60. The summed E-state index contributed by atoms with van der Waals surface area (Å²) in [6.07, 6.45) is 1.59. The van der Waals surface area contributed by atoms with Gasteiger partial charge in [0.1, 0.15) is 0 Å². The number of anilines is 1. The summed E-state index contributed by atoms with van der Waals surface area (Å²) in [6.45, 7) is 3.75. The second kappa shape index (κ2) is 5.02. The predicted molar refractivity (Wildman–Crippen MR) is 83.3 cm³/mol. The first kappa shape index (κ1) is 13.9. The third kappa shape index (κ3) is 1.97. The molecule has 0 spiro atoms. The fourth-order valence-electron chi connectivity index (χ4n) is 2.70. The number of carbonyl (C=O) groups excluding carboxylic acids is 1. The van der Waals surface area contributed by atoms with Crippen LogP contribution in [0, 0.1) is 0 Å². The minimum Gasteiger partial charge on any atom is -0.373 e. The topological polar surface area (TPSA) is 40.5 Å². The van der Waals surface area contributed by atoms with E-state index >= 15 is 0 Å². The number of halogens is 1. The van der Waals surface area contributed by atoms with Crippen LogP contribution in [-0.2, 0) is 10.4 Å². The van der Waals surface area contributed by atoms with Gasteiger partial charge in [-0.05, 0) is 29.8 Å². The van der Waals surface area contributed by atoms with Crippen LogP contribution in [0.15, 0.2) is 67.3 Å². The van der Waals surface area contributed by atoms with Gasteiger partial charge in [-0.3, -0.25) is 9.69 Å². The molecule has 1 N–H and O–H groups in total. The first-order chi connectivity index (χ1) is 10.1. The summed E-state index contributed by atoms with van der Waals surface area (Å²) in [7, 11) is 0. The summed E-state index contributed by atoms with van der Waals surface area (Å²) in [5.41, 5.74) is -0.317. The van der Waals surface area contributed by atoms with Gasteiger partial charge in [0.2, 0.25) is 0 Å². The Hall–Kier alpha value is -2.10. The van der Waals surface area contributed by atoms with E-state index in [9.17, 15) is 9.90 Å². The van der Waals surface area contributed by atoms with Gasteiger partial charge < -0.3 is 5.11 Å². The maximum atomic E-state index is 12.5. The summed E-state index contributed by atoms with van der Waals surface area (Å²) < 4.78 is 0. The van der Waals surface area contributed by atoms with Gasteiger partial charge in [-0.1, -0.05) is 48.0 Å². The molecule has 0 aromatic heterocycles. The quantitative estimate of drug-likeness (QED) is 0.699. The molecule has 4 heteroatoms. The average Bonchev–Trinajstić information content (AvgIpc) is 2.52. The van der Waals surface area contributed by atoms with Crippen LogP contribution < -0.4 is 4.90 Å². The summed E-state index contributed by atoms with van der Waals surface area (Å²) in [6, 6.07) is 15.4. The lowest BCUT2D eigenvalue weighted by molar-refractivity contribution is -0.152. The zero-order valence-electron chi connectivity index (χ0n) is 11.2. The minimum atomic E-state index is -1.58. The fourth-order valence-corrected chi connectivity index (χ4v) is 2.82. The second-order valence-electron chi connectivity index (χ2n) is 4.96. The number of para-hydroxylation sites is 1. The Kier molecular flexibility index (Phi) is 3.32. The van der Waals surface area contributed by atoms with Crippen LogP contribution in [-0.4, -0.2) is 17.1 Å². The summed E-state index contributed by atoms with van der Waals surface area (Å²) in [5, 5.41) is 11.4. The van der Waals surface area contributed by atoms with Crippen molar-refractivity contribution in [2.45, 2.75) is 11.6 Å². The minimum absolute atomic E-state index is 0.360. The van der Waals surface area contributed by atoms with Crippen LogP contribution in [0.1, 0.15) is 5.56 Å². The number of benzene rings is 2. The molecule has 1 amide bonds. The summed E-state index contributed by atoms with van der Waals surface area (Å²) in [4.78, 5) is 14.1. The highest BCUT2D eigenvalue weighted by molar-refractivity contribution is 6.30. The highest BCUT2D eigenvalue weighted by Crippen LogP contribution is 2.43. The monoisotopic (exact) mass is 299 g/mol. The molecule has 2 atom stereocenters. The fraction of sp³-hybridized carbons (Fsp3) is 0.118. The molecule has 1 aliphatic heterocycles.